The topological polar surface area (TPSA) is 60.4 Å². The molecule has 0 aromatic rings. The van der Waals surface area contributed by atoms with Gasteiger partial charge >= 0.3 is 51.4 Å². The zero-order valence-electron chi connectivity index (χ0n) is 6.40. The predicted octanol–water partition coefficient (Wildman–Crippen LogP) is -3.88. The maximum Gasteiger partial charge on any atom is 1.00 e. The summed E-state index contributed by atoms with van der Waals surface area (Å²) in [6.45, 7) is 1.45. The first kappa shape index (κ1) is 12.2. The fraction of sp³-hybridized carbons (Fsp3) is 0.500. The van der Waals surface area contributed by atoms with Gasteiger partial charge in [0.05, 0.1) is 16.8 Å². The van der Waals surface area contributed by atoms with Crippen molar-refractivity contribution < 1.29 is 66.4 Å². The van der Waals surface area contributed by atoms with Gasteiger partial charge in [0.2, 0.25) is 0 Å². The van der Waals surface area contributed by atoms with Crippen LogP contribution in [0.3, 0.4) is 0 Å². The SMILES string of the molecule is CC1(O)C=CSC1C(=O)[O-].[K+]. The molecule has 0 radical (unpaired) electrons. The second-order valence-electron chi connectivity index (χ2n) is 2.36. The summed E-state index contributed by atoms with van der Waals surface area (Å²) in [5.41, 5.74) is -1.25. The van der Waals surface area contributed by atoms with Gasteiger partial charge in [-0.3, -0.25) is 0 Å². The number of carbonyl (C=O) groups excluding carboxylic acids is 1. The Bertz CT molecular complexity index is 190. The van der Waals surface area contributed by atoms with Crippen LogP contribution >= 0.6 is 11.8 Å². The molecule has 56 valence electrons. The summed E-state index contributed by atoms with van der Waals surface area (Å²) in [6.07, 6.45) is 1.46. The summed E-state index contributed by atoms with van der Waals surface area (Å²) in [5, 5.41) is 20.3. The van der Waals surface area contributed by atoms with Gasteiger partial charge in [-0.2, -0.15) is 0 Å². The molecule has 1 heterocycles. The smallest absolute Gasteiger partial charge is 0.549 e. The number of aliphatic hydroxyl groups is 1. The summed E-state index contributed by atoms with van der Waals surface area (Å²) in [5.74, 6) is -1.22. The third-order valence-corrected chi connectivity index (χ3v) is 2.60. The van der Waals surface area contributed by atoms with E-state index in [1.54, 1.807) is 5.41 Å². The van der Waals surface area contributed by atoms with Gasteiger partial charge in [-0.15, -0.1) is 11.8 Å². The van der Waals surface area contributed by atoms with E-state index in [9.17, 15) is 15.0 Å². The van der Waals surface area contributed by atoms with E-state index >= 15 is 0 Å². The van der Waals surface area contributed by atoms with Crippen LogP contribution in [-0.4, -0.2) is 21.9 Å². The van der Waals surface area contributed by atoms with Crippen molar-refractivity contribution in [1.82, 2.24) is 0 Å². The molecule has 2 atom stereocenters. The van der Waals surface area contributed by atoms with Crippen LogP contribution in [0.1, 0.15) is 6.92 Å². The van der Waals surface area contributed by atoms with Crippen molar-refractivity contribution in [3.05, 3.63) is 11.5 Å². The molecule has 0 aromatic carbocycles. The van der Waals surface area contributed by atoms with E-state index in [0.717, 1.165) is 11.8 Å². The molecule has 1 aliphatic heterocycles. The molecular weight excluding hydrogens is 191 g/mol. The molecule has 0 bridgehead atoms. The Morgan fingerprint density at radius 3 is 2.55 bits per heavy atom. The molecule has 1 aliphatic rings. The van der Waals surface area contributed by atoms with Crippen LogP contribution in [0.15, 0.2) is 11.5 Å². The van der Waals surface area contributed by atoms with Crippen LogP contribution in [0, 0.1) is 0 Å². The Balaban J connectivity index is 0.000001000. The summed E-state index contributed by atoms with van der Waals surface area (Å²) in [7, 11) is 0. The largest absolute Gasteiger partial charge is 1.00 e. The van der Waals surface area contributed by atoms with E-state index in [1.165, 1.54) is 13.0 Å². The van der Waals surface area contributed by atoms with Crippen LogP contribution in [0.25, 0.3) is 0 Å². The minimum Gasteiger partial charge on any atom is -0.549 e. The van der Waals surface area contributed by atoms with Gasteiger partial charge in [0, 0.05) is 0 Å². The standard InChI is InChI=1S/C6H8O3S.K/c1-6(9)2-3-10-4(6)5(7)8;/h2-4,9H,1H3,(H,7,8);/q;+1/p-1. The van der Waals surface area contributed by atoms with Gasteiger partial charge in [-0.25, -0.2) is 0 Å². The van der Waals surface area contributed by atoms with Crippen molar-refractivity contribution in [3.8, 4) is 0 Å². The molecule has 3 nitrogen and oxygen atoms in total. The molecular formula is C6H7KO3S. The van der Waals surface area contributed by atoms with Crippen LogP contribution in [-0.2, 0) is 4.79 Å². The maximum absolute atomic E-state index is 10.3. The van der Waals surface area contributed by atoms with Crippen molar-refractivity contribution in [2.75, 3.05) is 0 Å². The van der Waals surface area contributed by atoms with E-state index < -0.39 is 16.8 Å². The van der Waals surface area contributed by atoms with Gasteiger partial charge in [-0.1, -0.05) is 0 Å². The normalized spacial score (nSPS) is 34.9. The molecule has 11 heavy (non-hydrogen) atoms. The number of carboxylic acids is 1. The molecule has 0 amide bonds. The van der Waals surface area contributed by atoms with Crippen LogP contribution in [0.4, 0.5) is 0 Å². The summed E-state index contributed by atoms with van der Waals surface area (Å²) < 4.78 is 0. The quantitative estimate of drug-likeness (QED) is 0.438. The molecule has 1 N–H and O–H groups in total. The zero-order valence-corrected chi connectivity index (χ0v) is 10.3. The Morgan fingerprint density at radius 2 is 2.36 bits per heavy atom. The van der Waals surface area contributed by atoms with Crippen LogP contribution < -0.4 is 56.5 Å². The fourth-order valence-corrected chi connectivity index (χ4v) is 1.75. The number of carbonyl (C=O) groups is 1. The number of hydrogen-bond acceptors (Lipinski definition) is 4. The van der Waals surface area contributed by atoms with E-state index in [0.29, 0.717) is 0 Å². The third kappa shape index (κ3) is 2.84. The minimum absolute atomic E-state index is 0. The Hall–Kier alpha value is 1.16. The number of carboxylic acid groups (broad SMARTS) is 1. The predicted molar refractivity (Wildman–Crippen MR) is 36.1 cm³/mol. The average molecular weight is 198 g/mol. The summed E-state index contributed by atoms with van der Waals surface area (Å²) in [6, 6.07) is 0. The Morgan fingerprint density at radius 1 is 1.82 bits per heavy atom. The first-order valence-corrected chi connectivity index (χ1v) is 3.75. The number of thioether (sulfide) groups is 1. The summed E-state index contributed by atoms with van der Waals surface area (Å²) in [4.78, 5) is 10.3. The molecule has 5 heteroatoms. The molecule has 0 aromatic heterocycles. The van der Waals surface area contributed by atoms with Crippen molar-refractivity contribution >= 4 is 17.7 Å². The number of rotatable bonds is 1. The first-order valence-electron chi connectivity index (χ1n) is 2.80. The van der Waals surface area contributed by atoms with E-state index in [4.69, 9.17) is 0 Å². The maximum atomic E-state index is 10.3. The van der Waals surface area contributed by atoms with E-state index in [-0.39, 0.29) is 51.4 Å². The van der Waals surface area contributed by atoms with Gasteiger partial charge in [0.25, 0.3) is 0 Å². The monoisotopic (exact) mass is 198 g/mol. The van der Waals surface area contributed by atoms with Crippen molar-refractivity contribution in [2.45, 2.75) is 17.8 Å². The van der Waals surface area contributed by atoms with Gasteiger partial charge < -0.3 is 15.0 Å². The first-order chi connectivity index (χ1) is 4.54. The van der Waals surface area contributed by atoms with Gasteiger partial charge in [-0.05, 0) is 18.4 Å². The van der Waals surface area contributed by atoms with Crippen LogP contribution in [0.5, 0.6) is 0 Å². The molecule has 2 unspecified atom stereocenters. The second-order valence-corrected chi connectivity index (χ2v) is 3.38. The van der Waals surface area contributed by atoms with E-state index in [1.807, 2.05) is 0 Å². The molecule has 0 spiro atoms. The molecule has 0 fully saturated rings. The Kier molecular flexibility index (Phi) is 4.87. The van der Waals surface area contributed by atoms with E-state index in [2.05, 4.69) is 0 Å². The van der Waals surface area contributed by atoms with Crippen molar-refractivity contribution in [3.63, 3.8) is 0 Å². The van der Waals surface area contributed by atoms with Gasteiger partial charge in [0.1, 0.15) is 0 Å². The van der Waals surface area contributed by atoms with Crippen molar-refractivity contribution in [1.29, 1.82) is 0 Å². The molecule has 0 saturated carbocycles. The Labute approximate surface area is 112 Å². The molecule has 0 saturated heterocycles. The fourth-order valence-electron chi connectivity index (χ4n) is 0.775. The van der Waals surface area contributed by atoms with Gasteiger partial charge in [0.15, 0.2) is 0 Å². The summed E-state index contributed by atoms with van der Waals surface area (Å²) >= 11 is 1.06. The molecule has 0 aliphatic carbocycles. The van der Waals surface area contributed by atoms with Crippen molar-refractivity contribution in [2.24, 2.45) is 0 Å². The average Bonchev–Trinajstić information content (AvgIpc) is 2.08. The number of aliphatic carboxylic acids is 1. The zero-order chi connectivity index (χ0) is 7.78. The second kappa shape index (κ2) is 4.41. The third-order valence-electron chi connectivity index (χ3n) is 1.37. The minimum atomic E-state index is -1.25. The number of hydrogen-bond donors (Lipinski definition) is 1. The van der Waals surface area contributed by atoms with Crippen LogP contribution in [0.2, 0.25) is 0 Å². The molecule has 1 rings (SSSR count).